The highest BCUT2D eigenvalue weighted by Gasteiger charge is 2.17. The van der Waals surface area contributed by atoms with Crippen LogP contribution in [-0.2, 0) is 0 Å². The Labute approximate surface area is 158 Å². The van der Waals surface area contributed by atoms with Gasteiger partial charge in [0.25, 0.3) is 0 Å². The van der Waals surface area contributed by atoms with E-state index in [0.717, 1.165) is 42.8 Å². The molecule has 1 aliphatic heterocycles. The van der Waals surface area contributed by atoms with Crippen LogP contribution in [0, 0.1) is 5.92 Å². The van der Waals surface area contributed by atoms with Gasteiger partial charge in [-0.05, 0) is 63.9 Å². The second kappa shape index (κ2) is 10.9. The Morgan fingerprint density at radius 1 is 1.15 bits per heavy atom. The van der Waals surface area contributed by atoms with Gasteiger partial charge in [0.15, 0.2) is 17.5 Å². The van der Waals surface area contributed by atoms with Gasteiger partial charge < -0.3 is 25.0 Å². The van der Waals surface area contributed by atoms with Gasteiger partial charge >= 0.3 is 0 Å². The number of rotatable bonds is 8. The van der Waals surface area contributed by atoms with E-state index in [1.807, 2.05) is 18.2 Å². The van der Waals surface area contributed by atoms with E-state index in [1.165, 1.54) is 32.5 Å². The molecule has 1 fully saturated rings. The van der Waals surface area contributed by atoms with E-state index >= 15 is 0 Å². The second-order valence-electron chi connectivity index (χ2n) is 6.62. The van der Waals surface area contributed by atoms with Gasteiger partial charge in [-0.2, -0.15) is 0 Å². The molecule has 146 valence electrons. The van der Waals surface area contributed by atoms with Crippen LogP contribution in [0.5, 0.6) is 11.5 Å². The van der Waals surface area contributed by atoms with E-state index in [1.54, 1.807) is 14.2 Å². The lowest BCUT2D eigenvalue weighted by Gasteiger charge is -2.30. The Morgan fingerprint density at radius 2 is 1.88 bits per heavy atom. The minimum atomic E-state index is 0.705. The van der Waals surface area contributed by atoms with Crippen LogP contribution in [-0.4, -0.2) is 57.8 Å². The minimum Gasteiger partial charge on any atom is -0.493 e. The Hall–Kier alpha value is -1.95. The fourth-order valence-corrected chi connectivity index (χ4v) is 3.31. The number of piperidine rings is 1. The molecule has 0 bridgehead atoms. The van der Waals surface area contributed by atoms with Crippen LogP contribution in [0.2, 0.25) is 0 Å². The smallest absolute Gasteiger partial charge is 0.195 e. The molecule has 0 unspecified atom stereocenters. The first-order chi connectivity index (χ1) is 12.7. The number of aliphatic imine (C=N–C) groups is 1. The van der Waals surface area contributed by atoms with Crippen molar-refractivity contribution in [2.24, 2.45) is 10.9 Å². The standard InChI is InChI=1S/C20H34N4O2/c1-5-21-20(22-12-9-16-10-13-24(6-2)14-11-16)23-17-7-8-18(25-3)19(15-17)26-4/h7-8,15-16H,5-6,9-14H2,1-4H3,(H2,21,22,23). The number of hydrogen-bond donors (Lipinski definition) is 2. The van der Waals surface area contributed by atoms with Gasteiger partial charge in [-0.1, -0.05) is 6.92 Å². The summed E-state index contributed by atoms with van der Waals surface area (Å²) in [7, 11) is 3.28. The van der Waals surface area contributed by atoms with Crippen molar-refractivity contribution in [2.45, 2.75) is 33.1 Å². The number of ether oxygens (including phenoxy) is 2. The molecule has 0 aromatic heterocycles. The Morgan fingerprint density at radius 3 is 2.50 bits per heavy atom. The highest BCUT2D eigenvalue weighted by Crippen LogP contribution is 2.29. The summed E-state index contributed by atoms with van der Waals surface area (Å²) in [5.41, 5.74) is 0.929. The summed E-state index contributed by atoms with van der Waals surface area (Å²) in [6, 6.07) is 5.78. The van der Waals surface area contributed by atoms with Crippen LogP contribution < -0.4 is 20.1 Å². The van der Waals surface area contributed by atoms with Crippen molar-refractivity contribution >= 4 is 11.6 Å². The zero-order chi connectivity index (χ0) is 18.8. The highest BCUT2D eigenvalue weighted by molar-refractivity contribution is 5.93. The van der Waals surface area contributed by atoms with Gasteiger partial charge in [-0.25, -0.2) is 0 Å². The molecule has 1 heterocycles. The summed E-state index contributed by atoms with van der Waals surface area (Å²) in [5.74, 6) is 3.03. The first-order valence-corrected chi connectivity index (χ1v) is 9.69. The minimum absolute atomic E-state index is 0.705. The normalized spacial score (nSPS) is 16.4. The predicted molar refractivity (Wildman–Crippen MR) is 109 cm³/mol. The largest absolute Gasteiger partial charge is 0.493 e. The van der Waals surface area contributed by atoms with E-state index in [9.17, 15) is 0 Å². The molecular formula is C20H34N4O2. The van der Waals surface area contributed by atoms with Crippen molar-refractivity contribution in [3.8, 4) is 11.5 Å². The molecule has 1 aliphatic rings. The lowest BCUT2D eigenvalue weighted by molar-refractivity contribution is 0.188. The van der Waals surface area contributed by atoms with Crippen LogP contribution in [0.15, 0.2) is 23.2 Å². The predicted octanol–water partition coefficient (Wildman–Crippen LogP) is 3.20. The molecular weight excluding hydrogens is 328 g/mol. The monoisotopic (exact) mass is 362 g/mol. The number of hydrogen-bond acceptors (Lipinski definition) is 4. The zero-order valence-corrected chi connectivity index (χ0v) is 16.7. The first kappa shape index (κ1) is 20.4. The van der Waals surface area contributed by atoms with E-state index in [0.29, 0.717) is 5.75 Å². The molecule has 0 aliphatic carbocycles. The molecule has 0 saturated carbocycles. The summed E-state index contributed by atoms with van der Waals surface area (Å²) < 4.78 is 10.7. The fourth-order valence-electron chi connectivity index (χ4n) is 3.31. The molecule has 6 heteroatoms. The molecule has 0 amide bonds. The lowest BCUT2D eigenvalue weighted by Crippen LogP contribution is -2.34. The SMILES string of the molecule is CCNC(=NCCC1CCN(CC)CC1)Nc1ccc(OC)c(OC)c1. The van der Waals surface area contributed by atoms with Crippen LogP contribution in [0.25, 0.3) is 0 Å². The third kappa shape index (κ3) is 6.09. The van der Waals surface area contributed by atoms with Crippen LogP contribution in [0.4, 0.5) is 5.69 Å². The molecule has 0 atom stereocenters. The van der Waals surface area contributed by atoms with Crippen molar-refractivity contribution in [3.05, 3.63) is 18.2 Å². The number of methoxy groups -OCH3 is 2. The number of guanidine groups is 1. The van der Waals surface area contributed by atoms with Gasteiger partial charge in [0.2, 0.25) is 0 Å². The van der Waals surface area contributed by atoms with Gasteiger partial charge in [-0.15, -0.1) is 0 Å². The second-order valence-corrected chi connectivity index (χ2v) is 6.62. The maximum absolute atomic E-state index is 5.37. The summed E-state index contributed by atoms with van der Waals surface area (Å²) in [6.45, 7) is 9.63. The van der Waals surface area contributed by atoms with Crippen molar-refractivity contribution in [3.63, 3.8) is 0 Å². The zero-order valence-electron chi connectivity index (χ0n) is 16.7. The van der Waals surface area contributed by atoms with Crippen LogP contribution in [0.1, 0.15) is 33.1 Å². The number of nitrogens with one attached hydrogen (secondary N) is 2. The van der Waals surface area contributed by atoms with Crippen molar-refractivity contribution in [1.29, 1.82) is 0 Å². The van der Waals surface area contributed by atoms with Gasteiger partial charge in [0.1, 0.15) is 0 Å². The highest BCUT2D eigenvalue weighted by atomic mass is 16.5. The summed E-state index contributed by atoms with van der Waals surface area (Å²) in [4.78, 5) is 7.28. The van der Waals surface area contributed by atoms with E-state index in [4.69, 9.17) is 14.5 Å². The molecule has 1 saturated heterocycles. The maximum atomic E-state index is 5.37. The quantitative estimate of drug-likeness (QED) is 0.549. The van der Waals surface area contributed by atoms with E-state index in [-0.39, 0.29) is 0 Å². The number of anilines is 1. The van der Waals surface area contributed by atoms with Crippen molar-refractivity contribution in [1.82, 2.24) is 10.2 Å². The average Bonchev–Trinajstić information content (AvgIpc) is 2.68. The number of likely N-dealkylation sites (tertiary alicyclic amines) is 1. The van der Waals surface area contributed by atoms with E-state index in [2.05, 4.69) is 29.4 Å². The van der Waals surface area contributed by atoms with Gasteiger partial charge in [0, 0.05) is 24.8 Å². The summed E-state index contributed by atoms with van der Waals surface area (Å²) in [6.07, 6.45) is 3.74. The average molecular weight is 363 g/mol. The van der Waals surface area contributed by atoms with Gasteiger partial charge in [0.05, 0.1) is 14.2 Å². The molecule has 26 heavy (non-hydrogen) atoms. The summed E-state index contributed by atoms with van der Waals surface area (Å²) in [5, 5.41) is 6.66. The maximum Gasteiger partial charge on any atom is 0.195 e. The van der Waals surface area contributed by atoms with Crippen LogP contribution >= 0.6 is 0 Å². The van der Waals surface area contributed by atoms with Crippen molar-refractivity contribution in [2.75, 3.05) is 52.3 Å². The fraction of sp³-hybridized carbons (Fsp3) is 0.650. The third-order valence-electron chi connectivity index (χ3n) is 4.95. The Kier molecular flexibility index (Phi) is 8.54. The molecule has 0 spiro atoms. The molecule has 2 rings (SSSR count). The Bertz CT molecular complexity index is 569. The van der Waals surface area contributed by atoms with Crippen LogP contribution in [0.3, 0.4) is 0 Å². The Balaban J connectivity index is 1.90. The number of benzene rings is 1. The molecule has 1 aromatic rings. The van der Waals surface area contributed by atoms with E-state index < -0.39 is 0 Å². The lowest BCUT2D eigenvalue weighted by atomic mass is 9.94. The molecule has 6 nitrogen and oxygen atoms in total. The van der Waals surface area contributed by atoms with Crippen molar-refractivity contribution < 1.29 is 9.47 Å². The molecule has 1 aromatic carbocycles. The topological polar surface area (TPSA) is 58.1 Å². The van der Waals surface area contributed by atoms with Gasteiger partial charge in [-0.3, -0.25) is 4.99 Å². The molecule has 2 N–H and O–H groups in total. The number of nitrogens with zero attached hydrogens (tertiary/aromatic N) is 2. The first-order valence-electron chi connectivity index (χ1n) is 9.69. The molecule has 0 radical (unpaired) electrons. The summed E-state index contributed by atoms with van der Waals surface area (Å²) >= 11 is 0. The third-order valence-corrected chi connectivity index (χ3v) is 4.95.